The van der Waals surface area contributed by atoms with E-state index in [9.17, 15) is 10.1 Å². The van der Waals surface area contributed by atoms with Crippen LogP contribution in [0.5, 0.6) is 11.5 Å². The first-order valence-electron chi connectivity index (χ1n) is 9.53. The molecule has 0 spiro atoms. The number of amides is 1. The average Bonchev–Trinajstić information content (AvgIpc) is 2.77. The summed E-state index contributed by atoms with van der Waals surface area (Å²) in [6, 6.07) is 21.9. The molecule has 3 rings (SSSR count). The highest BCUT2D eigenvalue weighted by Gasteiger charge is 2.11. The summed E-state index contributed by atoms with van der Waals surface area (Å²) in [5, 5.41) is 12.7. The van der Waals surface area contributed by atoms with Gasteiger partial charge in [-0.1, -0.05) is 47.5 Å². The Bertz CT molecular complexity index is 1150. The van der Waals surface area contributed by atoms with Gasteiger partial charge in [0.1, 0.15) is 18.2 Å². The minimum atomic E-state index is -0.511. The largest absolute Gasteiger partial charge is 0.493 e. The lowest BCUT2D eigenvalue weighted by molar-refractivity contribution is -0.112. The third-order valence-electron chi connectivity index (χ3n) is 4.44. The summed E-state index contributed by atoms with van der Waals surface area (Å²) in [7, 11) is 1.54. The summed E-state index contributed by atoms with van der Waals surface area (Å²) in [5.74, 6) is 0.575. The Kier molecular flexibility index (Phi) is 7.31. The number of ether oxygens (including phenoxy) is 2. The Balaban J connectivity index is 1.74. The first-order chi connectivity index (χ1) is 15.0. The van der Waals surface area contributed by atoms with E-state index in [1.165, 1.54) is 6.08 Å². The predicted octanol–water partition coefficient (Wildman–Crippen LogP) is 5.78. The number of carbonyl (C=O) groups excluding carboxylic acids is 1. The number of rotatable bonds is 7. The lowest BCUT2D eigenvalue weighted by Gasteiger charge is -2.12. The molecule has 3 aromatic rings. The second kappa shape index (κ2) is 10.3. The second-order valence-electron chi connectivity index (χ2n) is 6.82. The molecule has 0 heterocycles. The first kappa shape index (κ1) is 21.9. The minimum absolute atomic E-state index is 0.0366. The predicted molar refractivity (Wildman–Crippen MR) is 122 cm³/mol. The van der Waals surface area contributed by atoms with E-state index in [0.29, 0.717) is 34.4 Å². The van der Waals surface area contributed by atoms with Gasteiger partial charge in [0, 0.05) is 10.7 Å². The van der Waals surface area contributed by atoms with E-state index in [0.717, 1.165) is 11.1 Å². The van der Waals surface area contributed by atoms with Crippen LogP contribution in [0.1, 0.15) is 16.7 Å². The average molecular weight is 433 g/mol. The van der Waals surface area contributed by atoms with Gasteiger partial charge in [0.05, 0.1) is 7.11 Å². The molecule has 5 nitrogen and oxygen atoms in total. The highest BCUT2D eigenvalue weighted by atomic mass is 35.5. The van der Waals surface area contributed by atoms with Crippen LogP contribution in [0.25, 0.3) is 6.08 Å². The van der Waals surface area contributed by atoms with Crippen LogP contribution in [0.15, 0.2) is 72.3 Å². The van der Waals surface area contributed by atoms with Crippen molar-refractivity contribution in [2.45, 2.75) is 13.5 Å². The number of nitrogens with one attached hydrogen (secondary N) is 1. The maximum Gasteiger partial charge on any atom is 0.266 e. The van der Waals surface area contributed by atoms with Gasteiger partial charge in [-0.2, -0.15) is 5.26 Å². The van der Waals surface area contributed by atoms with E-state index in [-0.39, 0.29) is 5.57 Å². The number of nitriles is 1. The number of aryl methyl sites for hydroxylation is 1. The molecule has 31 heavy (non-hydrogen) atoms. The van der Waals surface area contributed by atoms with Crippen molar-refractivity contribution in [1.82, 2.24) is 0 Å². The molecule has 6 heteroatoms. The topological polar surface area (TPSA) is 71.3 Å². The van der Waals surface area contributed by atoms with E-state index >= 15 is 0 Å². The third-order valence-corrected chi connectivity index (χ3v) is 4.69. The quantitative estimate of drug-likeness (QED) is 0.379. The molecule has 3 aromatic carbocycles. The van der Waals surface area contributed by atoms with Gasteiger partial charge in [-0.3, -0.25) is 4.79 Å². The molecule has 0 aromatic heterocycles. The van der Waals surface area contributed by atoms with Gasteiger partial charge in [0.15, 0.2) is 11.5 Å². The Morgan fingerprint density at radius 1 is 1.10 bits per heavy atom. The summed E-state index contributed by atoms with van der Waals surface area (Å²) in [5.41, 5.74) is 3.37. The normalized spacial score (nSPS) is 10.8. The van der Waals surface area contributed by atoms with E-state index < -0.39 is 5.91 Å². The van der Waals surface area contributed by atoms with Gasteiger partial charge in [0.25, 0.3) is 5.91 Å². The van der Waals surface area contributed by atoms with Crippen molar-refractivity contribution >= 4 is 29.3 Å². The van der Waals surface area contributed by atoms with Crippen LogP contribution in [0.2, 0.25) is 5.02 Å². The zero-order chi connectivity index (χ0) is 22.2. The maximum atomic E-state index is 12.5. The minimum Gasteiger partial charge on any atom is -0.493 e. The van der Waals surface area contributed by atoms with Crippen LogP contribution in [-0.2, 0) is 11.4 Å². The number of carbonyl (C=O) groups is 1. The standard InChI is InChI=1S/C25H21ClN2O3/c1-17-4-3-5-19(12-17)16-31-23-11-6-18(14-24(23)30-2)13-20(15-27)25(29)28-22-9-7-21(26)8-10-22/h3-14H,16H2,1-2H3,(H,28,29)/b20-13-. The molecule has 0 atom stereocenters. The lowest BCUT2D eigenvalue weighted by atomic mass is 10.1. The van der Waals surface area contributed by atoms with Gasteiger partial charge in [-0.15, -0.1) is 0 Å². The fraction of sp³-hybridized carbons (Fsp3) is 0.120. The highest BCUT2D eigenvalue weighted by Crippen LogP contribution is 2.30. The van der Waals surface area contributed by atoms with E-state index in [2.05, 4.69) is 11.4 Å². The smallest absolute Gasteiger partial charge is 0.266 e. The van der Waals surface area contributed by atoms with Gasteiger partial charge in [-0.25, -0.2) is 0 Å². The molecular formula is C25H21ClN2O3. The number of benzene rings is 3. The maximum absolute atomic E-state index is 12.5. The van der Waals surface area contributed by atoms with E-state index in [1.807, 2.05) is 31.2 Å². The number of anilines is 1. The molecule has 0 aliphatic carbocycles. The Labute approximate surface area is 186 Å². The zero-order valence-corrected chi connectivity index (χ0v) is 17.9. The first-order valence-corrected chi connectivity index (χ1v) is 9.91. The number of methoxy groups -OCH3 is 1. The Morgan fingerprint density at radius 3 is 2.55 bits per heavy atom. The molecule has 1 amide bonds. The summed E-state index contributed by atoms with van der Waals surface area (Å²) >= 11 is 5.85. The van der Waals surface area contributed by atoms with E-state index in [1.54, 1.807) is 49.6 Å². The van der Waals surface area contributed by atoms with Crippen molar-refractivity contribution in [3.63, 3.8) is 0 Å². The second-order valence-corrected chi connectivity index (χ2v) is 7.26. The fourth-order valence-electron chi connectivity index (χ4n) is 2.90. The molecule has 0 unspecified atom stereocenters. The molecule has 0 saturated carbocycles. The van der Waals surface area contributed by atoms with Gasteiger partial charge in [0.2, 0.25) is 0 Å². The van der Waals surface area contributed by atoms with Crippen molar-refractivity contribution in [2.75, 3.05) is 12.4 Å². The Hall–Kier alpha value is -3.75. The summed E-state index contributed by atoms with van der Waals surface area (Å²) < 4.78 is 11.3. The van der Waals surface area contributed by atoms with Crippen LogP contribution in [0.3, 0.4) is 0 Å². The van der Waals surface area contributed by atoms with Gasteiger partial charge in [-0.05, 0) is 60.5 Å². The van der Waals surface area contributed by atoms with Gasteiger partial charge >= 0.3 is 0 Å². The van der Waals surface area contributed by atoms with Crippen LogP contribution in [-0.4, -0.2) is 13.0 Å². The molecule has 156 valence electrons. The molecule has 0 aliphatic rings. The van der Waals surface area contributed by atoms with E-state index in [4.69, 9.17) is 21.1 Å². The highest BCUT2D eigenvalue weighted by molar-refractivity contribution is 6.30. The number of hydrogen-bond donors (Lipinski definition) is 1. The van der Waals surface area contributed by atoms with Crippen LogP contribution < -0.4 is 14.8 Å². The number of hydrogen-bond acceptors (Lipinski definition) is 4. The molecule has 0 bridgehead atoms. The number of halogens is 1. The Morgan fingerprint density at radius 2 is 1.87 bits per heavy atom. The van der Waals surface area contributed by atoms with Crippen LogP contribution in [0.4, 0.5) is 5.69 Å². The monoisotopic (exact) mass is 432 g/mol. The molecule has 0 radical (unpaired) electrons. The van der Waals surface area contributed by atoms with Crippen molar-refractivity contribution < 1.29 is 14.3 Å². The van der Waals surface area contributed by atoms with Crippen molar-refractivity contribution in [3.8, 4) is 17.6 Å². The molecule has 0 fully saturated rings. The van der Waals surface area contributed by atoms with Gasteiger partial charge < -0.3 is 14.8 Å². The SMILES string of the molecule is COc1cc(/C=C(/C#N)C(=O)Nc2ccc(Cl)cc2)ccc1OCc1cccc(C)c1. The lowest BCUT2D eigenvalue weighted by Crippen LogP contribution is -2.13. The van der Waals surface area contributed by atoms with Crippen molar-refractivity contribution in [3.05, 3.63) is 94.0 Å². The third kappa shape index (κ3) is 6.11. The zero-order valence-electron chi connectivity index (χ0n) is 17.2. The molecule has 1 N–H and O–H groups in total. The fourth-order valence-corrected chi connectivity index (χ4v) is 3.03. The molecule has 0 aliphatic heterocycles. The summed E-state index contributed by atoms with van der Waals surface area (Å²) in [4.78, 5) is 12.5. The van der Waals surface area contributed by atoms with Crippen molar-refractivity contribution in [1.29, 1.82) is 5.26 Å². The van der Waals surface area contributed by atoms with Crippen molar-refractivity contribution in [2.24, 2.45) is 0 Å². The van der Waals surface area contributed by atoms with Crippen LogP contribution >= 0.6 is 11.6 Å². The molecular weight excluding hydrogens is 412 g/mol. The summed E-state index contributed by atoms with van der Waals surface area (Å²) in [6.45, 7) is 2.43. The van der Waals surface area contributed by atoms with Crippen LogP contribution in [0, 0.1) is 18.3 Å². The number of nitrogens with zero attached hydrogens (tertiary/aromatic N) is 1. The summed E-state index contributed by atoms with van der Waals surface area (Å²) in [6.07, 6.45) is 1.50. The molecule has 0 saturated heterocycles.